The Morgan fingerprint density at radius 2 is 2.06 bits per heavy atom. The fourth-order valence-electron chi connectivity index (χ4n) is 3.09. The van der Waals surface area contributed by atoms with E-state index in [2.05, 4.69) is 4.57 Å². The maximum Gasteiger partial charge on any atom is 0.127 e. The molecule has 0 atom stereocenters. The molecule has 96 valence electrons. The molecule has 18 heavy (non-hydrogen) atoms. The third kappa shape index (κ3) is 1.43. The normalized spacial score (nSPS) is 18.0. The second-order valence-electron chi connectivity index (χ2n) is 5.57. The van der Waals surface area contributed by atoms with Gasteiger partial charge in [-0.05, 0) is 43.5 Å². The molecule has 3 heteroatoms. The zero-order chi connectivity index (χ0) is 12.9. The van der Waals surface area contributed by atoms with Crippen molar-refractivity contribution >= 4 is 10.9 Å². The molecule has 0 radical (unpaired) electrons. The Balaban J connectivity index is 2.23. The second kappa shape index (κ2) is 3.82. The summed E-state index contributed by atoms with van der Waals surface area (Å²) in [6, 6.07) is 5.69. The van der Waals surface area contributed by atoms with Crippen LogP contribution in [0.5, 0.6) is 0 Å². The highest BCUT2D eigenvalue weighted by Crippen LogP contribution is 2.44. The molecule has 1 aromatic carbocycles. The molecule has 1 aromatic heterocycles. The molecule has 3 rings (SSSR count). The lowest BCUT2D eigenvalue weighted by atomic mass is 9.64. The number of nitrogens with two attached hydrogens (primary N) is 1. The van der Waals surface area contributed by atoms with E-state index in [1.807, 2.05) is 26.1 Å². The van der Waals surface area contributed by atoms with Crippen molar-refractivity contribution < 1.29 is 4.39 Å². The predicted molar refractivity (Wildman–Crippen MR) is 72.2 cm³/mol. The van der Waals surface area contributed by atoms with E-state index in [9.17, 15) is 4.39 Å². The molecule has 0 saturated heterocycles. The smallest absolute Gasteiger partial charge is 0.127 e. The van der Waals surface area contributed by atoms with E-state index < -0.39 is 0 Å². The number of rotatable bonds is 2. The van der Waals surface area contributed by atoms with E-state index in [0.717, 1.165) is 41.4 Å². The van der Waals surface area contributed by atoms with Gasteiger partial charge in [-0.15, -0.1) is 0 Å². The predicted octanol–water partition coefficient (Wildman–Crippen LogP) is 3.01. The van der Waals surface area contributed by atoms with Crippen LogP contribution in [-0.4, -0.2) is 11.1 Å². The van der Waals surface area contributed by atoms with Crippen LogP contribution in [0.4, 0.5) is 4.39 Å². The van der Waals surface area contributed by atoms with Crippen molar-refractivity contribution in [1.29, 1.82) is 0 Å². The Hall–Kier alpha value is -1.35. The van der Waals surface area contributed by atoms with Crippen LogP contribution >= 0.6 is 0 Å². The molecule has 1 aliphatic carbocycles. The van der Waals surface area contributed by atoms with Crippen LogP contribution in [0, 0.1) is 12.7 Å². The molecular formula is C15H19FN2. The van der Waals surface area contributed by atoms with Crippen LogP contribution in [0.3, 0.4) is 0 Å². The third-order valence-electron chi connectivity index (χ3n) is 4.64. The van der Waals surface area contributed by atoms with Crippen molar-refractivity contribution in [3.63, 3.8) is 0 Å². The summed E-state index contributed by atoms with van der Waals surface area (Å²) in [7, 11) is 2.02. The van der Waals surface area contributed by atoms with E-state index in [4.69, 9.17) is 5.73 Å². The fraction of sp³-hybridized carbons (Fsp3) is 0.467. The number of halogens is 1. The van der Waals surface area contributed by atoms with Gasteiger partial charge in [0.2, 0.25) is 0 Å². The standard InChI is InChI=1S/C15H19FN2/c1-10-6-11-7-13(16)12(8-14(11)18(10)2)15(9-17)4-3-5-15/h6-8H,3-5,9,17H2,1-2H3. The van der Waals surface area contributed by atoms with Crippen LogP contribution in [0.15, 0.2) is 18.2 Å². The molecule has 0 bridgehead atoms. The van der Waals surface area contributed by atoms with Gasteiger partial charge in [-0.1, -0.05) is 6.42 Å². The number of nitrogens with zero attached hydrogens (tertiary/aromatic N) is 1. The van der Waals surface area contributed by atoms with E-state index in [0.29, 0.717) is 6.54 Å². The summed E-state index contributed by atoms with van der Waals surface area (Å²) >= 11 is 0. The summed E-state index contributed by atoms with van der Waals surface area (Å²) in [6.07, 6.45) is 3.17. The van der Waals surface area contributed by atoms with Gasteiger partial charge in [0.1, 0.15) is 5.82 Å². The Morgan fingerprint density at radius 3 is 2.61 bits per heavy atom. The minimum atomic E-state index is -0.115. The number of aromatic nitrogens is 1. The van der Waals surface area contributed by atoms with Crippen LogP contribution < -0.4 is 5.73 Å². The summed E-state index contributed by atoms with van der Waals surface area (Å²) in [4.78, 5) is 0. The Labute approximate surface area is 107 Å². The lowest BCUT2D eigenvalue weighted by Crippen LogP contribution is -2.42. The van der Waals surface area contributed by atoms with Gasteiger partial charge in [0.05, 0.1) is 0 Å². The molecule has 1 heterocycles. The average molecular weight is 246 g/mol. The van der Waals surface area contributed by atoms with Gasteiger partial charge in [-0.2, -0.15) is 0 Å². The molecule has 2 N–H and O–H groups in total. The molecule has 2 aromatic rings. The molecular weight excluding hydrogens is 227 g/mol. The third-order valence-corrected chi connectivity index (χ3v) is 4.64. The zero-order valence-corrected chi connectivity index (χ0v) is 11.0. The van der Waals surface area contributed by atoms with Gasteiger partial charge < -0.3 is 10.3 Å². The Bertz CT molecular complexity index is 603. The minimum absolute atomic E-state index is 0.0988. The molecule has 1 fully saturated rings. The molecule has 0 spiro atoms. The molecule has 1 saturated carbocycles. The van der Waals surface area contributed by atoms with E-state index in [-0.39, 0.29) is 11.2 Å². The van der Waals surface area contributed by atoms with E-state index in [1.54, 1.807) is 6.07 Å². The first-order valence-electron chi connectivity index (χ1n) is 6.53. The molecule has 0 amide bonds. The van der Waals surface area contributed by atoms with E-state index >= 15 is 0 Å². The summed E-state index contributed by atoms with van der Waals surface area (Å²) in [5.74, 6) is -0.0988. The summed E-state index contributed by atoms with van der Waals surface area (Å²) in [5, 5.41) is 0.975. The molecule has 1 aliphatic rings. The van der Waals surface area contributed by atoms with Crippen LogP contribution in [-0.2, 0) is 12.5 Å². The molecule has 0 unspecified atom stereocenters. The van der Waals surface area contributed by atoms with E-state index in [1.165, 1.54) is 0 Å². The van der Waals surface area contributed by atoms with Crippen LogP contribution in [0.1, 0.15) is 30.5 Å². The van der Waals surface area contributed by atoms with Crippen LogP contribution in [0.2, 0.25) is 0 Å². The number of hydrogen-bond donors (Lipinski definition) is 1. The SMILES string of the molecule is Cc1cc2cc(F)c(C3(CN)CCC3)cc2n1C. The van der Waals surface area contributed by atoms with Crippen molar-refractivity contribution in [2.75, 3.05) is 6.54 Å². The van der Waals surface area contributed by atoms with Crippen molar-refractivity contribution in [2.24, 2.45) is 12.8 Å². The maximum atomic E-state index is 14.3. The first-order chi connectivity index (χ1) is 8.57. The maximum absolute atomic E-state index is 14.3. The first-order valence-corrected chi connectivity index (χ1v) is 6.53. The highest BCUT2D eigenvalue weighted by molar-refractivity contribution is 5.82. The van der Waals surface area contributed by atoms with Gasteiger partial charge >= 0.3 is 0 Å². The monoisotopic (exact) mass is 246 g/mol. The summed E-state index contributed by atoms with van der Waals surface area (Å²) < 4.78 is 16.4. The Kier molecular flexibility index (Phi) is 2.49. The van der Waals surface area contributed by atoms with Crippen molar-refractivity contribution in [3.05, 3.63) is 35.3 Å². The average Bonchev–Trinajstić information content (AvgIpc) is 2.55. The second-order valence-corrected chi connectivity index (χ2v) is 5.57. The number of aryl methyl sites for hydroxylation is 2. The number of fused-ring (bicyclic) bond motifs is 1. The van der Waals surface area contributed by atoms with Crippen molar-refractivity contribution in [3.8, 4) is 0 Å². The van der Waals surface area contributed by atoms with Crippen molar-refractivity contribution in [1.82, 2.24) is 4.57 Å². The quantitative estimate of drug-likeness (QED) is 0.867. The van der Waals surface area contributed by atoms with Crippen LogP contribution in [0.25, 0.3) is 10.9 Å². The molecule has 0 aliphatic heterocycles. The van der Waals surface area contributed by atoms with Gasteiger partial charge in [0.25, 0.3) is 0 Å². The lowest BCUT2D eigenvalue weighted by molar-refractivity contribution is 0.245. The summed E-state index contributed by atoms with van der Waals surface area (Å²) in [5.41, 5.74) is 8.83. The highest BCUT2D eigenvalue weighted by atomic mass is 19.1. The van der Waals surface area contributed by atoms with Gasteiger partial charge in [-0.25, -0.2) is 4.39 Å². The summed E-state index contributed by atoms with van der Waals surface area (Å²) in [6.45, 7) is 2.58. The minimum Gasteiger partial charge on any atom is -0.348 e. The first kappa shape index (κ1) is 11.7. The number of benzene rings is 1. The topological polar surface area (TPSA) is 30.9 Å². The largest absolute Gasteiger partial charge is 0.348 e. The van der Waals surface area contributed by atoms with Gasteiger partial charge in [0, 0.05) is 35.6 Å². The fourth-order valence-corrected chi connectivity index (χ4v) is 3.09. The van der Waals surface area contributed by atoms with Crippen molar-refractivity contribution in [2.45, 2.75) is 31.6 Å². The zero-order valence-electron chi connectivity index (χ0n) is 11.0. The molecule has 2 nitrogen and oxygen atoms in total. The Morgan fingerprint density at radius 1 is 1.33 bits per heavy atom. The van der Waals surface area contributed by atoms with Gasteiger partial charge in [0.15, 0.2) is 0 Å². The highest BCUT2D eigenvalue weighted by Gasteiger charge is 2.39. The lowest BCUT2D eigenvalue weighted by Gasteiger charge is -2.41. The number of hydrogen-bond acceptors (Lipinski definition) is 1. The van der Waals surface area contributed by atoms with Gasteiger partial charge in [-0.3, -0.25) is 0 Å².